The van der Waals surface area contributed by atoms with Gasteiger partial charge in [0.15, 0.2) is 0 Å². The molecule has 44 heavy (non-hydrogen) atoms. The molecule has 1 aliphatic rings. The lowest BCUT2D eigenvalue weighted by atomic mass is 9.92. The van der Waals surface area contributed by atoms with E-state index in [1.54, 1.807) is 37.8 Å². The lowest BCUT2D eigenvalue weighted by Crippen LogP contribution is -2.31. The molecule has 0 aliphatic carbocycles. The number of aromatic nitrogens is 3. The van der Waals surface area contributed by atoms with E-state index in [0.717, 1.165) is 29.3 Å². The molecule has 4 aromatic rings. The first-order valence-corrected chi connectivity index (χ1v) is 15.7. The number of pyridine rings is 1. The van der Waals surface area contributed by atoms with Gasteiger partial charge in [0.05, 0.1) is 37.4 Å². The van der Waals surface area contributed by atoms with Crippen molar-refractivity contribution in [1.82, 2.24) is 19.7 Å². The van der Waals surface area contributed by atoms with Gasteiger partial charge in [-0.25, -0.2) is 8.78 Å². The number of alkyl halides is 2. The summed E-state index contributed by atoms with van der Waals surface area (Å²) in [6.45, 7) is 1.92. The summed E-state index contributed by atoms with van der Waals surface area (Å²) in [5.74, 6) is 0.105. The number of fused-ring (bicyclic) bond motifs is 2. The van der Waals surface area contributed by atoms with Crippen LogP contribution >= 0.6 is 0 Å². The highest BCUT2D eigenvalue weighted by atomic mass is 32.2. The summed E-state index contributed by atoms with van der Waals surface area (Å²) in [6, 6.07) is 8.75. The first-order chi connectivity index (χ1) is 20.9. The number of carbonyl (C=O) groups is 1. The molecule has 0 saturated heterocycles. The van der Waals surface area contributed by atoms with E-state index >= 15 is 0 Å². The summed E-state index contributed by atoms with van der Waals surface area (Å²) >= 11 is 0. The fraction of sp³-hybridized carbons (Fsp3) is 0.367. The molecular weight excluding hydrogens is 596 g/mol. The van der Waals surface area contributed by atoms with Gasteiger partial charge in [-0.15, -0.1) is 0 Å². The van der Waals surface area contributed by atoms with Gasteiger partial charge in [-0.05, 0) is 49.1 Å². The molecule has 0 bridgehead atoms. The van der Waals surface area contributed by atoms with Crippen LogP contribution in [-0.4, -0.2) is 61.7 Å². The number of aryl methyl sites for hydroxylation is 3. The molecule has 5 rings (SSSR count). The average molecular weight is 630 g/mol. The van der Waals surface area contributed by atoms with Crippen LogP contribution in [0.25, 0.3) is 22.0 Å². The van der Waals surface area contributed by atoms with Crippen LogP contribution in [0.4, 0.5) is 20.2 Å². The second kappa shape index (κ2) is 12.4. The number of amides is 1. The Balaban J connectivity index is 1.48. The van der Waals surface area contributed by atoms with E-state index in [1.165, 1.54) is 23.1 Å². The number of halogens is 2. The van der Waals surface area contributed by atoms with Gasteiger partial charge in [0, 0.05) is 66.2 Å². The Morgan fingerprint density at radius 2 is 1.93 bits per heavy atom. The van der Waals surface area contributed by atoms with Crippen LogP contribution in [0.2, 0.25) is 0 Å². The van der Waals surface area contributed by atoms with E-state index in [2.05, 4.69) is 14.6 Å². The predicted octanol–water partition coefficient (Wildman–Crippen LogP) is 3.83. The van der Waals surface area contributed by atoms with Crippen LogP contribution in [0.1, 0.15) is 29.5 Å². The van der Waals surface area contributed by atoms with Crippen molar-refractivity contribution in [2.75, 3.05) is 38.0 Å². The summed E-state index contributed by atoms with van der Waals surface area (Å²) in [6.07, 6.45) is 2.54. The second-order valence-electron chi connectivity index (χ2n) is 10.7. The van der Waals surface area contributed by atoms with E-state index in [-0.39, 0.29) is 30.8 Å². The Labute approximate surface area is 253 Å². The first kappa shape index (κ1) is 31.1. The predicted molar refractivity (Wildman–Crippen MR) is 162 cm³/mol. The van der Waals surface area contributed by atoms with Gasteiger partial charge < -0.3 is 19.5 Å². The Bertz CT molecular complexity index is 1900. The Kier molecular flexibility index (Phi) is 8.75. The number of hydrogen-bond acceptors (Lipinski definition) is 8. The van der Waals surface area contributed by atoms with Gasteiger partial charge in [-0.2, -0.15) is 13.5 Å². The van der Waals surface area contributed by atoms with Crippen molar-refractivity contribution in [3.05, 3.63) is 69.8 Å². The molecule has 1 aliphatic heterocycles. The topological polar surface area (TPSA) is 125 Å². The Morgan fingerprint density at radius 3 is 2.64 bits per heavy atom. The van der Waals surface area contributed by atoms with Crippen LogP contribution in [0.5, 0.6) is 5.75 Å². The smallest absolute Gasteiger partial charge is 0.264 e. The van der Waals surface area contributed by atoms with Crippen molar-refractivity contribution >= 4 is 38.3 Å². The van der Waals surface area contributed by atoms with E-state index in [9.17, 15) is 26.8 Å². The van der Waals surface area contributed by atoms with Gasteiger partial charge in [-0.1, -0.05) is 0 Å². The van der Waals surface area contributed by atoms with Crippen molar-refractivity contribution in [2.45, 2.75) is 32.7 Å². The van der Waals surface area contributed by atoms with Gasteiger partial charge in [0.25, 0.3) is 22.1 Å². The van der Waals surface area contributed by atoms with Crippen molar-refractivity contribution in [3.63, 3.8) is 0 Å². The number of hydrogen-bond donors (Lipinski definition) is 1. The Morgan fingerprint density at radius 1 is 1.16 bits per heavy atom. The summed E-state index contributed by atoms with van der Waals surface area (Å²) in [5.41, 5.74) is 3.99. The maximum Gasteiger partial charge on any atom is 0.264 e. The van der Waals surface area contributed by atoms with Crippen LogP contribution in [0, 0.1) is 6.92 Å². The fourth-order valence-corrected chi connectivity index (χ4v) is 5.91. The second-order valence-corrected chi connectivity index (χ2v) is 12.3. The standard InChI is InChI=1S/C30H33F2N5O6S/c1-18-10-24-26(35(2)30(18)39)12-21(42-3)13-27(24)37-8-5-6-19-11-22(23(29(31)32)14-25(19)37)20-15-34-36(16-20)17-28(38)33-7-9-43-44(4,40)41/h10-16,29H,5-9,17H2,1-4H3,(H,33,38). The third kappa shape index (κ3) is 6.45. The number of carbonyl (C=O) groups excluding carboxylic acids is 1. The summed E-state index contributed by atoms with van der Waals surface area (Å²) in [7, 11) is -0.375. The molecule has 0 unspecified atom stereocenters. The largest absolute Gasteiger partial charge is 0.497 e. The van der Waals surface area contributed by atoms with Gasteiger partial charge in [0.1, 0.15) is 12.3 Å². The molecule has 1 amide bonds. The minimum atomic E-state index is -3.61. The van der Waals surface area contributed by atoms with Crippen molar-refractivity contribution < 1.29 is 30.9 Å². The van der Waals surface area contributed by atoms with Gasteiger partial charge >= 0.3 is 0 Å². The first-order valence-electron chi connectivity index (χ1n) is 13.9. The maximum absolute atomic E-state index is 14.6. The zero-order valence-electron chi connectivity index (χ0n) is 24.8. The Hall–Kier alpha value is -4.30. The van der Waals surface area contributed by atoms with Crippen LogP contribution in [0.15, 0.2) is 47.5 Å². The fourth-order valence-electron chi connectivity index (χ4n) is 5.52. The minimum absolute atomic E-state index is 0.0185. The lowest BCUT2D eigenvalue weighted by molar-refractivity contribution is -0.121. The lowest BCUT2D eigenvalue weighted by Gasteiger charge is -2.34. The molecule has 234 valence electrons. The normalized spacial score (nSPS) is 13.4. The third-order valence-electron chi connectivity index (χ3n) is 7.58. The molecule has 0 fully saturated rings. The van der Waals surface area contributed by atoms with Gasteiger partial charge in [0.2, 0.25) is 5.91 Å². The van der Waals surface area contributed by atoms with Crippen molar-refractivity contribution in [1.29, 1.82) is 0 Å². The molecule has 14 heteroatoms. The van der Waals surface area contributed by atoms with Crippen LogP contribution in [-0.2, 0) is 39.1 Å². The van der Waals surface area contributed by atoms with Crippen LogP contribution in [0.3, 0.4) is 0 Å². The van der Waals surface area contributed by atoms with E-state index in [0.29, 0.717) is 46.6 Å². The molecule has 0 saturated carbocycles. The molecule has 1 N–H and O–H groups in total. The molecule has 2 aromatic carbocycles. The number of benzene rings is 2. The number of nitrogens with one attached hydrogen (secondary N) is 1. The SMILES string of the molecule is COc1cc(N2CCCc3cc(-c4cnn(CC(=O)NCCOS(C)(=O)=O)c4)c(C(F)F)cc32)c2cc(C)c(=O)n(C)c2c1. The summed E-state index contributed by atoms with van der Waals surface area (Å²) in [5, 5.41) is 7.52. The van der Waals surface area contributed by atoms with Gasteiger partial charge in [-0.3, -0.25) is 18.5 Å². The van der Waals surface area contributed by atoms with E-state index in [4.69, 9.17) is 4.74 Å². The molecule has 2 aromatic heterocycles. The third-order valence-corrected chi connectivity index (χ3v) is 8.17. The quantitative estimate of drug-likeness (QED) is 0.207. The van der Waals surface area contributed by atoms with E-state index in [1.807, 2.05) is 17.0 Å². The maximum atomic E-state index is 14.6. The molecular formula is C30H33F2N5O6S. The van der Waals surface area contributed by atoms with E-state index < -0.39 is 22.5 Å². The monoisotopic (exact) mass is 629 g/mol. The molecule has 0 atom stereocenters. The van der Waals surface area contributed by atoms with Crippen molar-refractivity contribution in [2.24, 2.45) is 7.05 Å². The van der Waals surface area contributed by atoms with Crippen molar-refractivity contribution in [3.8, 4) is 16.9 Å². The number of anilines is 2. The number of ether oxygens (including phenoxy) is 1. The molecule has 3 heterocycles. The molecule has 11 nitrogen and oxygen atoms in total. The molecule has 0 spiro atoms. The number of nitrogens with zero attached hydrogens (tertiary/aromatic N) is 4. The summed E-state index contributed by atoms with van der Waals surface area (Å²) in [4.78, 5) is 27.0. The number of rotatable bonds is 10. The zero-order chi connectivity index (χ0) is 31.8. The highest BCUT2D eigenvalue weighted by molar-refractivity contribution is 7.85. The molecule has 0 radical (unpaired) electrons. The summed E-state index contributed by atoms with van der Waals surface area (Å²) < 4.78 is 64.3. The van der Waals surface area contributed by atoms with Crippen LogP contribution < -0.4 is 20.5 Å². The number of methoxy groups -OCH3 is 1. The average Bonchev–Trinajstić information content (AvgIpc) is 3.44. The highest BCUT2D eigenvalue weighted by Gasteiger charge is 2.26. The minimum Gasteiger partial charge on any atom is -0.497 e. The zero-order valence-corrected chi connectivity index (χ0v) is 25.6. The highest BCUT2D eigenvalue weighted by Crippen LogP contribution is 2.43.